The van der Waals surface area contributed by atoms with Gasteiger partial charge in [0.1, 0.15) is 0 Å². The maximum Gasteiger partial charge on any atom is 0.421 e. The minimum absolute atomic E-state index is 0.106. The predicted octanol–water partition coefficient (Wildman–Crippen LogP) is 0.0844. The molecular weight excluding hydrogens is 246 g/mol. The largest absolute Gasteiger partial charge is 0.449 e. The second kappa shape index (κ2) is 6.77. The van der Waals surface area contributed by atoms with Crippen molar-refractivity contribution in [1.82, 2.24) is 9.44 Å². The summed E-state index contributed by atoms with van der Waals surface area (Å²) in [6.45, 7) is 5.61. The number of nitrogens with one attached hydrogen (secondary N) is 2. The second-order valence-corrected chi connectivity index (χ2v) is 5.30. The minimum Gasteiger partial charge on any atom is -0.449 e. The number of rotatable bonds is 7. The lowest BCUT2D eigenvalue weighted by atomic mass is 9.96. The van der Waals surface area contributed by atoms with Crippen molar-refractivity contribution in [2.75, 3.05) is 13.2 Å². The number of carbonyl (C=O) groups excluding carboxylic acids is 1. The van der Waals surface area contributed by atoms with Gasteiger partial charge in [-0.05, 0) is 33.2 Å². The Morgan fingerprint density at radius 2 is 2.00 bits per heavy atom. The highest BCUT2D eigenvalue weighted by atomic mass is 32.2. The number of hydrogen-bond donors (Lipinski definition) is 3. The molecule has 0 saturated heterocycles. The van der Waals surface area contributed by atoms with Crippen molar-refractivity contribution in [3.63, 3.8) is 0 Å². The van der Waals surface area contributed by atoms with E-state index in [9.17, 15) is 13.2 Å². The fraction of sp³-hybridized carbons (Fsp3) is 0.889. The first-order valence-corrected chi connectivity index (χ1v) is 6.95. The minimum atomic E-state index is -3.93. The number of carbonyl (C=O) groups is 1. The second-order valence-electron chi connectivity index (χ2n) is 3.88. The lowest BCUT2D eigenvalue weighted by molar-refractivity contribution is 0.158. The molecule has 0 aliphatic heterocycles. The van der Waals surface area contributed by atoms with Crippen LogP contribution < -0.4 is 15.2 Å². The molecule has 17 heavy (non-hydrogen) atoms. The molecule has 0 aromatic heterocycles. The van der Waals surface area contributed by atoms with Crippen LogP contribution in [0.5, 0.6) is 0 Å². The van der Waals surface area contributed by atoms with Crippen molar-refractivity contribution in [2.45, 2.75) is 39.2 Å². The molecule has 0 rings (SSSR count). The lowest BCUT2D eigenvalue weighted by Crippen LogP contribution is -2.52. The van der Waals surface area contributed by atoms with Crippen molar-refractivity contribution < 1.29 is 17.9 Å². The summed E-state index contributed by atoms with van der Waals surface area (Å²) in [5.41, 5.74) is 4.74. The fourth-order valence-corrected chi connectivity index (χ4v) is 2.46. The Hall–Kier alpha value is -0.860. The summed E-state index contributed by atoms with van der Waals surface area (Å²) in [7, 11) is -3.93. The molecule has 1 unspecified atom stereocenters. The smallest absolute Gasteiger partial charge is 0.421 e. The molecule has 0 heterocycles. The topological polar surface area (TPSA) is 111 Å². The van der Waals surface area contributed by atoms with Crippen molar-refractivity contribution in [2.24, 2.45) is 5.73 Å². The predicted molar refractivity (Wildman–Crippen MR) is 64.6 cm³/mol. The van der Waals surface area contributed by atoms with Crippen LogP contribution in [0.25, 0.3) is 0 Å². The van der Waals surface area contributed by atoms with Crippen LogP contribution in [0.2, 0.25) is 0 Å². The Bertz CT molecular complexity index is 344. The number of ether oxygens (including phenoxy) is 1. The van der Waals surface area contributed by atoms with E-state index in [0.29, 0.717) is 19.4 Å². The van der Waals surface area contributed by atoms with Crippen LogP contribution >= 0.6 is 0 Å². The van der Waals surface area contributed by atoms with Crippen molar-refractivity contribution >= 4 is 16.3 Å². The van der Waals surface area contributed by atoms with E-state index in [1.54, 1.807) is 18.6 Å². The SMILES string of the molecule is CCOC(=O)NS(=O)(=O)NC(C)(CC)CCN. The van der Waals surface area contributed by atoms with Gasteiger partial charge in [-0.1, -0.05) is 6.92 Å². The van der Waals surface area contributed by atoms with Gasteiger partial charge in [0.2, 0.25) is 0 Å². The van der Waals surface area contributed by atoms with Gasteiger partial charge in [-0.2, -0.15) is 13.1 Å². The molecule has 0 bridgehead atoms. The third kappa shape index (κ3) is 6.44. The molecular formula is C9H21N3O4S. The molecule has 0 saturated carbocycles. The Morgan fingerprint density at radius 3 is 2.41 bits per heavy atom. The Morgan fingerprint density at radius 1 is 1.41 bits per heavy atom. The van der Waals surface area contributed by atoms with Gasteiger partial charge in [0.25, 0.3) is 0 Å². The van der Waals surface area contributed by atoms with E-state index in [-0.39, 0.29) is 6.61 Å². The summed E-state index contributed by atoms with van der Waals surface area (Å²) in [5.74, 6) is 0. The first kappa shape index (κ1) is 16.1. The summed E-state index contributed by atoms with van der Waals surface area (Å²) in [6, 6.07) is 0. The van der Waals surface area contributed by atoms with Crippen molar-refractivity contribution in [3.8, 4) is 0 Å². The van der Waals surface area contributed by atoms with Gasteiger partial charge in [-0.15, -0.1) is 0 Å². The monoisotopic (exact) mass is 267 g/mol. The van der Waals surface area contributed by atoms with Gasteiger partial charge in [0, 0.05) is 5.54 Å². The van der Waals surface area contributed by atoms with Crippen LogP contribution in [0.4, 0.5) is 4.79 Å². The van der Waals surface area contributed by atoms with Gasteiger partial charge in [0.05, 0.1) is 6.61 Å². The summed E-state index contributed by atoms with van der Waals surface area (Å²) in [4.78, 5) is 11.0. The summed E-state index contributed by atoms with van der Waals surface area (Å²) >= 11 is 0. The Kier molecular flexibility index (Phi) is 6.43. The zero-order chi connectivity index (χ0) is 13.5. The summed E-state index contributed by atoms with van der Waals surface area (Å²) in [5, 5.41) is 0. The molecule has 7 nitrogen and oxygen atoms in total. The van der Waals surface area contributed by atoms with Gasteiger partial charge in [-0.3, -0.25) is 0 Å². The summed E-state index contributed by atoms with van der Waals surface area (Å²) < 4.78 is 31.8. The van der Waals surface area contributed by atoms with Gasteiger partial charge >= 0.3 is 16.3 Å². The van der Waals surface area contributed by atoms with Crippen LogP contribution in [-0.2, 0) is 14.9 Å². The molecule has 4 N–H and O–H groups in total. The number of hydrogen-bond acceptors (Lipinski definition) is 5. The molecule has 8 heteroatoms. The van der Waals surface area contributed by atoms with Crippen LogP contribution in [0.3, 0.4) is 0 Å². The molecule has 0 aromatic rings. The van der Waals surface area contributed by atoms with Crippen LogP contribution in [0, 0.1) is 0 Å². The Balaban J connectivity index is 4.57. The molecule has 0 fully saturated rings. The molecule has 0 aliphatic carbocycles. The first-order valence-electron chi connectivity index (χ1n) is 5.47. The molecule has 102 valence electrons. The first-order chi connectivity index (χ1) is 7.78. The molecule has 0 spiro atoms. The van der Waals surface area contributed by atoms with Gasteiger partial charge in [0.15, 0.2) is 0 Å². The van der Waals surface area contributed by atoms with Crippen molar-refractivity contribution in [3.05, 3.63) is 0 Å². The number of amides is 1. The molecule has 1 amide bonds. The Labute approximate surface area is 102 Å². The van der Waals surface area contributed by atoms with Crippen LogP contribution in [-0.4, -0.2) is 33.2 Å². The fourth-order valence-electron chi connectivity index (χ4n) is 1.24. The standard InChI is InChI=1S/C9H21N3O4S/c1-4-9(3,6-7-10)12-17(14,15)11-8(13)16-5-2/h12H,4-7,10H2,1-3H3,(H,11,13). The lowest BCUT2D eigenvalue weighted by Gasteiger charge is -2.28. The molecule has 1 atom stereocenters. The van der Waals surface area contributed by atoms with Gasteiger partial charge in [-0.25, -0.2) is 9.52 Å². The molecule has 0 aromatic carbocycles. The van der Waals surface area contributed by atoms with Crippen LogP contribution in [0.15, 0.2) is 0 Å². The zero-order valence-electron chi connectivity index (χ0n) is 10.4. The normalized spacial score (nSPS) is 15.1. The van der Waals surface area contributed by atoms with E-state index in [0.717, 1.165) is 0 Å². The molecule has 0 radical (unpaired) electrons. The van der Waals surface area contributed by atoms with E-state index in [1.165, 1.54) is 0 Å². The third-order valence-electron chi connectivity index (χ3n) is 2.35. The zero-order valence-corrected chi connectivity index (χ0v) is 11.3. The average molecular weight is 267 g/mol. The van der Waals surface area contributed by atoms with E-state index in [4.69, 9.17) is 5.73 Å². The van der Waals surface area contributed by atoms with E-state index in [1.807, 2.05) is 6.92 Å². The highest BCUT2D eigenvalue weighted by Crippen LogP contribution is 2.14. The highest BCUT2D eigenvalue weighted by Gasteiger charge is 2.28. The number of nitrogens with two attached hydrogens (primary N) is 1. The van der Waals surface area contributed by atoms with Crippen molar-refractivity contribution in [1.29, 1.82) is 0 Å². The maximum atomic E-state index is 11.6. The molecule has 0 aliphatic rings. The quantitative estimate of drug-likeness (QED) is 0.605. The highest BCUT2D eigenvalue weighted by molar-refractivity contribution is 7.88. The third-order valence-corrected chi connectivity index (χ3v) is 3.55. The van der Waals surface area contributed by atoms with E-state index >= 15 is 0 Å². The van der Waals surface area contributed by atoms with E-state index in [2.05, 4.69) is 9.46 Å². The van der Waals surface area contributed by atoms with E-state index < -0.39 is 21.8 Å². The maximum absolute atomic E-state index is 11.6. The summed E-state index contributed by atoms with van der Waals surface area (Å²) in [6.07, 6.45) is 0.0486. The average Bonchev–Trinajstić information content (AvgIpc) is 2.16. The van der Waals surface area contributed by atoms with Crippen LogP contribution in [0.1, 0.15) is 33.6 Å². The van der Waals surface area contributed by atoms with Gasteiger partial charge < -0.3 is 10.5 Å².